The summed E-state index contributed by atoms with van der Waals surface area (Å²) in [7, 11) is 0. The molecule has 0 unspecified atom stereocenters. The van der Waals surface area contributed by atoms with Crippen LogP contribution in [-0.4, -0.2) is 19.7 Å². The molecule has 0 bridgehead atoms. The van der Waals surface area contributed by atoms with Crippen LogP contribution in [0.4, 0.5) is 5.95 Å². The number of nitrogen functional groups attached to an aromatic ring is 1. The number of nitrogens with zero attached hydrogens (tertiary/aromatic N) is 4. The van der Waals surface area contributed by atoms with Crippen LogP contribution in [0.15, 0.2) is 27.5 Å². The molecule has 2 rings (SSSR count). The van der Waals surface area contributed by atoms with Crippen molar-refractivity contribution in [1.82, 2.24) is 19.7 Å². The highest BCUT2D eigenvalue weighted by molar-refractivity contribution is 9.10. The highest BCUT2D eigenvalue weighted by Crippen LogP contribution is 2.20. The van der Waals surface area contributed by atoms with E-state index in [1.165, 1.54) is 4.68 Å². The van der Waals surface area contributed by atoms with Crippen LogP contribution in [0.2, 0.25) is 0 Å². The molecule has 2 aromatic heterocycles. The van der Waals surface area contributed by atoms with Gasteiger partial charge in [0, 0.05) is 6.20 Å². The number of hydrogen-bond donors (Lipinski definition) is 1. The summed E-state index contributed by atoms with van der Waals surface area (Å²) in [6.45, 7) is 0. The molecule has 2 heterocycles. The maximum atomic E-state index is 5.45. The third-order valence-corrected chi connectivity index (χ3v) is 2.66. The minimum atomic E-state index is 0.203. The molecule has 0 amide bonds. The Kier molecular flexibility index (Phi) is 2.51. The monoisotopic (exact) mass is 317 g/mol. The highest BCUT2D eigenvalue weighted by Gasteiger charge is 2.10. The lowest BCUT2D eigenvalue weighted by Crippen LogP contribution is -2.01. The summed E-state index contributed by atoms with van der Waals surface area (Å²) in [5, 5.41) is 3.99. The normalized spacial score (nSPS) is 10.4. The number of aromatic nitrogens is 4. The molecule has 0 saturated heterocycles. The fourth-order valence-electron chi connectivity index (χ4n) is 0.976. The third kappa shape index (κ3) is 1.64. The van der Waals surface area contributed by atoms with Gasteiger partial charge in [-0.3, -0.25) is 0 Å². The van der Waals surface area contributed by atoms with Crippen molar-refractivity contribution >= 4 is 37.8 Å². The Morgan fingerprint density at radius 1 is 1.36 bits per heavy atom. The van der Waals surface area contributed by atoms with E-state index in [1.807, 2.05) is 12.1 Å². The van der Waals surface area contributed by atoms with Gasteiger partial charge < -0.3 is 5.73 Å². The molecule has 2 N–H and O–H groups in total. The van der Waals surface area contributed by atoms with Gasteiger partial charge in [-0.05, 0) is 44.0 Å². The van der Waals surface area contributed by atoms with E-state index in [0.29, 0.717) is 10.6 Å². The Morgan fingerprint density at radius 3 is 2.71 bits per heavy atom. The first-order chi connectivity index (χ1) is 6.68. The van der Waals surface area contributed by atoms with E-state index in [4.69, 9.17) is 5.73 Å². The van der Waals surface area contributed by atoms with Crippen molar-refractivity contribution in [1.29, 1.82) is 0 Å². The number of rotatable bonds is 1. The van der Waals surface area contributed by atoms with Crippen molar-refractivity contribution in [3.8, 4) is 5.82 Å². The molecule has 0 spiro atoms. The first kappa shape index (κ1) is 9.60. The van der Waals surface area contributed by atoms with Gasteiger partial charge in [0.2, 0.25) is 10.7 Å². The molecule has 0 aliphatic rings. The Labute approximate surface area is 96.6 Å². The maximum Gasteiger partial charge on any atom is 0.240 e. The highest BCUT2D eigenvalue weighted by atomic mass is 79.9. The van der Waals surface area contributed by atoms with Gasteiger partial charge in [-0.2, -0.15) is 9.67 Å². The number of hydrogen-bond acceptors (Lipinski definition) is 4. The lowest BCUT2D eigenvalue weighted by atomic mass is 10.5. The van der Waals surface area contributed by atoms with Crippen LogP contribution in [0, 0.1) is 0 Å². The molecule has 5 nitrogen and oxygen atoms in total. The Bertz CT molecular complexity index is 467. The second kappa shape index (κ2) is 3.66. The number of halogens is 2. The zero-order valence-corrected chi connectivity index (χ0v) is 10.0. The van der Waals surface area contributed by atoms with Gasteiger partial charge in [-0.25, -0.2) is 4.98 Å². The fraction of sp³-hybridized carbons (Fsp3) is 0. The fourth-order valence-corrected chi connectivity index (χ4v) is 1.83. The zero-order valence-electron chi connectivity index (χ0n) is 6.85. The summed E-state index contributed by atoms with van der Waals surface area (Å²) in [5.41, 5.74) is 5.45. The minimum Gasteiger partial charge on any atom is -0.366 e. The van der Waals surface area contributed by atoms with Crippen LogP contribution >= 0.6 is 31.9 Å². The lowest BCUT2D eigenvalue weighted by molar-refractivity contribution is 0.823. The summed E-state index contributed by atoms with van der Waals surface area (Å²) in [6.07, 6.45) is 1.67. The van der Waals surface area contributed by atoms with Gasteiger partial charge in [0.15, 0.2) is 5.82 Å². The van der Waals surface area contributed by atoms with Gasteiger partial charge in [0.25, 0.3) is 0 Å². The average Bonchev–Trinajstić information content (AvgIpc) is 2.46. The average molecular weight is 319 g/mol. The molecule has 14 heavy (non-hydrogen) atoms. The molecule has 0 aliphatic heterocycles. The molecule has 0 aliphatic carbocycles. The molecular weight excluding hydrogens is 314 g/mol. The Morgan fingerprint density at radius 2 is 2.14 bits per heavy atom. The molecule has 0 radical (unpaired) electrons. The molecule has 0 saturated carbocycles. The topological polar surface area (TPSA) is 69.6 Å². The van der Waals surface area contributed by atoms with Crippen molar-refractivity contribution in [2.24, 2.45) is 0 Å². The lowest BCUT2D eigenvalue weighted by Gasteiger charge is -2.01. The van der Waals surface area contributed by atoms with E-state index in [0.717, 1.165) is 4.47 Å². The molecule has 0 fully saturated rings. The van der Waals surface area contributed by atoms with Crippen molar-refractivity contribution < 1.29 is 0 Å². The molecule has 0 aromatic carbocycles. The van der Waals surface area contributed by atoms with Crippen LogP contribution in [0.25, 0.3) is 5.82 Å². The number of nitrogens with two attached hydrogens (primary N) is 1. The first-order valence-electron chi connectivity index (χ1n) is 3.67. The van der Waals surface area contributed by atoms with Crippen molar-refractivity contribution in [2.75, 3.05) is 5.73 Å². The minimum absolute atomic E-state index is 0.203. The standard InChI is InChI=1S/C7H5Br2N5/c8-4-2-1-3-11-5(4)14-6(9)12-7(10)13-14/h1-3H,(H2,10,13). The van der Waals surface area contributed by atoms with E-state index < -0.39 is 0 Å². The summed E-state index contributed by atoms with van der Waals surface area (Å²) in [4.78, 5) is 8.06. The van der Waals surface area contributed by atoms with Crippen LogP contribution in [0.1, 0.15) is 0 Å². The molecule has 7 heteroatoms. The van der Waals surface area contributed by atoms with E-state index in [-0.39, 0.29) is 5.95 Å². The van der Waals surface area contributed by atoms with Crippen LogP contribution in [-0.2, 0) is 0 Å². The molecular formula is C7H5Br2N5. The van der Waals surface area contributed by atoms with E-state index in [2.05, 4.69) is 46.9 Å². The summed E-state index contributed by atoms with van der Waals surface area (Å²) in [6, 6.07) is 3.69. The van der Waals surface area contributed by atoms with Gasteiger partial charge in [0.1, 0.15) is 0 Å². The summed E-state index contributed by atoms with van der Waals surface area (Å²) < 4.78 is 2.86. The van der Waals surface area contributed by atoms with Crippen LogP contribution in [0.5, 0.6) is 0 Å². The Hall–Kier alpha value is -0.950. The number of anilines is 1. The quantitative estimate of drug-likeness (QED) is 0.870. The largest absolute Gasteiger partial charge is 0.366 e. The zero-order chi connectivity index (χ0) is 10.1. The second-order valence-electron chi connectivity index (χ2n) is 2.46. The number of pyridine rings is 1. The molecule has 72 valence electrons. The van der Waals surface area contributed by atoms with E-state index >= 15 is 0 Å². The van der Waals surface area contributed by atoms with Crippen LogP contribution < -0.4 is 5.73 Å². The van der Waals surface area contributed by atoms with E-state index in [1.54, 1.807) is 6.20 Å². The van der Waals surface area contributed by atoms with Crippen molar-refractivity contribution in [3.05, 3.63) is 27.5 Å². The second-order valence-corrected chi connectivity index (χ2v) is 4.02. The van der Waals surface area contributed by atoms with Gasteiger partial charge in [-0.15, -0.1) is 5.10 Å². The Balaban J connectivity index is 2.60. The van der Waals surface area contributed by atoms with Gasteiger partial charge in [-0.1, -0.05) is 0 Å². The predicted molar refractivity (Wildman–Crippen MR) is 59.0 cm³/mol. The predicted octanol–water partition coefficient (Wildman–Crippen LogP) is 1.77. The first-order valence-corrected chi connectivity index (χ1v) is 5.26. The molecule has 0 atom stereocenters. The molecule has 2 aromatic rings. The van der Waals surface area contributed by atoms with Crippen molar-refractivity contribution in [3.63, 3.8) is 0 Å². The summed E-state index contributed by atoms with van der Waals surface area (Å²) in [5.74, 6) is 0.845. The SMILES string of the molecule is Nc1nc(Br)n(-c2ncccc2Br)n1. The third-order valence-electron chi connectivity index (χ3n) is 1.52. The maximum absolute atomic E-state index is 5.45. The van der Waals surface area contributed by atoms with Crippen LogP contribution in [0.3, 0.4) is 0 Å². The smallest absolute Gasteiger partial charge is 0.240 e. The van der Waals surface area contributed by atoms with Crippen molar-refractivity contribution in [2.45, 2.75) is 0 Å². The van der Waals surface area contributed by atoms with E-state index in [9.17, 15) is 0 Å². The van der Waals surface area contributed by atoms with Gasteiger partial charge >= 0.3 is 0 Å². The van der Waals surface area contributed by atoms with Gasteiger partial charge in [0.05, 0.1) is 4.47 Å². The summed E-state index contributed by atoms with van der Waals surface area (Å²) >= 11 is 6.60.